The smallest absolute Gasteiger partial charge is 0.193 e. The maximum absolute atomic E-state index is 5.59. The summed E-state index contributed by atoms with van der Waals surface area (Å²) in [7, 11) is 6.25. The van der Waals surface area contributed by atoms with E-state index in [4.69, 9.17) is 4.74 Å². The number of piperazine rings is 1. The van der Waals surface area contributed by atoms with Crippen molar-refractivity contribution in [3.8, 4) is 0 Å². The highest BCUT2D eigenvalue weighted by atomic mass is 127. The van der Waals surface area contributed by atoms with Gasteiger partial charge in [0.15, 0.2) is 5.96 Å². The van der Waals surface area contributed by atoms with Crippen LogP contribution in [0.5, 0.6) is 0 Å². The average molecular weight is 527 g/mol. The number of halogens is 1. The van der Waals surface area contributed by atoms with Crippen LogP contribution in [0.15, 0.2) is 41.4 Å². The third-order valence-corrected chi connectivity index (χ3v) is 6.30. The Balaban J connectivity index is 0.00000320. The van der Waals surface area contributed by atoms with E-state index in [-0.39, 0.29) is 29.5 Å². The molecule has 1 aromatic rings. The molecule has 0 spiro atoms. The van der Waals surface area contributed by atoms with Gasteiger partial charge in [-0.3, -0.25) is 9.89 Å². The Morgan fingerprint density at radius 1 is 1.13 bits per heavy atom. The van der Waals surface area contributed by atoms with Crippen molar-refractivity contribution in [3.05, 3.63) is 42.0 Å². The molecular formula is C23H38IN5O. The van der Waals surface area contributed by atoms with Crippen molar-refractivity contribution in [2.75, 3.05) is 73.6 Å². The monoisotopic (exact) mass is 527 g/mol. The highest BCUT2D eigenvalue weighted by molar-refractivity contribution is 14.0. The van der Waals surface area contributed by atoms with E-state index < -0.39 is 0 Å². The lowest BCUT2D eigenvalue weighted by atomic mass is 9.88. The van der Waals surface area contributed by atoms with E-state index in [0.717, 1.165) is 71.3 Å². The quantitative estimate of drug-likeness (QED) is 0.350. The summed E-state index contributed by atoms with van der Waals surface area (Å²) in [5.41, 5.74) is 1.41. The first-order valence-electron chi connectivity index (χ1n) is 10.8. The van der Waals surface area contributed by atoms with Gasteiger partial charge in [0, 0.05) is 65.1 Å². The molecule has 7 heteroatoms. The predicted molar refractivity (Wildman–Crippen MR) is 137 cm³/mol. The summed E-state index contributed by atoms with van der Waals surface area (Å²) in [5.74, 6) is 1.03. The van der Waals surface area contributed by atoms with Gasteiger partial charge in [0.05, 0.1) is 0 Å². The van der Waals surface area contributed by atoms with Crippen LogP contribution in [0.3, 0.4) is 0 Å². The molecule has 168 valence electrons. The molecule has 0 aromatic heterocycles. The highest BCUT2D eigenvalue weighted by Crippen LogP contribution is 2.25. The number of nitrogens with one attached hydrogen (secondary N) is 1. The van der Waals surface area contributed by atoms with Crippen LogP contribution < -0.4 is 5.32 Å². The Morgan fingerprint density at radius 2 is 1.80 bits per heavy atom. The minimum atomic E-state index is 0. The molecule has 1 N–H and O–H groups in total. The van der Waals surface area contributed by atoms with Crippen molar-refractivity contribution in [2.45, 2.75) is 18.4 Å². The number of ether oxygens (including phenoxy) is 1. The number of guanidine groups is 1. The lowest BCUT2D eigenvalue weighted by molar-refractivity contribution is -0.00534. The van der Waals surface area contributed by atoms with E-state index >= 15 is 0 Å². The number of benzene rings is 1. The van der Waals surface area contributed by atoms with Gasteiger partial charge >= 0.3 is 0 Å². The number of aliphatic imine (C=N–C) groups is 1. The Hall–Kier alpha value is -1.16. The van der Waals surface area contributed by atoms with Crippen molar-refractivity contribution in [1.82, 2.24) is 20.0 Å². The second kappa shape index (κ2) is 12.6. The van der Waals surface area contributed by atoms with Crippen LogP contribution in [-0.4, -0.2) is 99.8 Å². The van der Waals surface area contributed by atoms with Gasteiger partial charge in [0.2, 0.25) is 0 Å². The molecule has 0 unspecified atom stereocenters. The van der Waals surface area contributed by atoms with Crippen LogP contribution >= 0.6 is 24.0 Å². The van der Waals surface area contributed by atoms with Crippen molar-refractivity contribution < 1.29 is 4.74 Å². The van der Waals surface area contributed by atoms with E-state index in [0.29, 0.717) is 0 Å². The van der Waals surface area contributed by atoms with Gasteiger partial charge < -0.3 is 19.9 Å². The molecule has 0 radical (unpaired) electrons. The molecule has 0 amide bonds. The summed E-state index contributed by atoms with van der Waals surface area (Å²) in [6.07, 6.45) is 6.60. The van der Waals surface area contributed by atoms with E-state index in [2.05, 4.69) is 81.6 Å². The average Bonchev–Trinajstić information content (AvgIpc) is 2.76. The summed E-state index contributed by atoms with van der Waals surface area (Å²) in [6.45, 7) is 7.74. The number of hydrogen-bond donors (Lipinski definition) is 1. The molecule has 3 rings (SSSR count). The summed E-state index contributed by atoms with van der Waals surface area (Å²) in [5, 5.41) is 3.66. The molecule has 2 heterocycles. The fourth-order valence-electron chi connectivity index (χ4n) is 4.15. The molecule has 2 aliphatic heterocycles. The van der Waals surface area contributed by atoms with E-state index in [1.807, 2.05) is 7.05 Å². The van der Waals surface area contributed by atoms with E-state index in [1.54, 1.807) is 0 Å². The molecule has 2 aliphatic rings. The van der Waals surface area contributed by atoms with Gasteiger partial charge in [-0.1, -0.05) is 42.5 Å². The summed E-state index contributed by atoms with van der Waals surface area (Å²) >= 11 is 0. The predicted octanol–water partition coefficient (Wildman–Crippen LogP) is 2.62. The third kappa shape index (κ3) is 6.93. The SMILES string of the molecule is CN=C(NCC1(N(C)C)CCOCC1)N1CCN(C/C=C/c2ccccc2)CC1.I. The molecule has 30 heavy (non-hydrogen) atoms. The number of likely N-dealkylation sites (N-methyl/N-ethyl adjacent to an activating group) is 1. The van der Waals surface area contributed by atoms with Gasteiger partial charge in [-0.15, -0.1) is 24.0 Å². The van der Waals surface area contributed by atoms with E-state index in [1.165, 1.54) is 5.56 Å². The Bertz CT molecular complexity index is 665. The molecule has 2 fully saturated rings. The maximum atomic E-state index is 5.59. The van der Waals surface area contributed by atoms with Crippen molar-refractivity contribution in [3.63, 3.8) is 0 Å². The van der Waals surface area contributed by atoms with Crippen LogP contribution in [0.25, 0.3) is 6.08 Å². The lowest BCUT2D eigenvalue weighted by Crippen LogP contribution is -2.59. The summed E-state index contributed by atoms with van der Waals surface area (Å²) in [4.78, 5) is 11.8. The van der Waals surface area contributed by atoms with Crippen LogP contribution in [0.4, 0.5) is 0 Å². The molecule has 0 aliphatic carbocycles. The van der Waals surface area contributed by atoms with Gasteiger partial charge in [-0.2, -0.15) is 0 Å². The third-order valence-electron chi connectivity index (χ3n) is 6.30. The lowest BCUT2D eigenvalue weighted by Gasteiger charge is -2.44. The highest BCUT2D eigenvalue weighted by Gasteiger charge is 2.35. The molecule has 1 aromatic carbocycles. The maximum Gasteiger partial charge on any atom is 0.193 e. The molecule has 0 saturated carbocycles. The Kier molecular flexibility index (Phi) is 10.6. The standard InChI is InChI=1S/C23H37N5O.HI/c1-24-22(25-20-23(26(2)3)11-18-29-19-12-23)28-16-14-27(15-17-28)13-7-10-21-8-5-4-6-9-21;/h4-10H,11-20H2,1-3H3,(H,24,25);1H/b10-7+;. The van der Waals surface area contributed by atoms with Crippen LogP contribution in [-0.2, 0) is 4.74 Å². The molecule has 6 nitrogen and oxygen atoms in total. The number of rotatable bonds is 6. The molecule has 0 bridgehead atoms. The van der Waals surface area contributed by atoms with Gasteiger partial charge in [0.25, 0.3) is 0 Å². The van der Waals surface area contributed by atoms with Gasteiger partial charge in [-0.25, -0.2) is 0 Å². The zero-order valence-corrected chi connectivity index (χ0v) is 21.0. The van der Waals surface area contributed by atoms with Gasteiger partial charge in [-0.05, 0) is 32.5 Å². The Labute approximate surface area is 199 Å². The molecular weight excluding hydrogens is 489 g/mol. The summed E-state index contributed by atoms with van der Waals surface area (Å²) in [6, 6.07) is 10.5. The second-order valence-corrected chi connectivity index (χ2v) is 8.23. The van der Waals surface area contributed by atoms with E-state index in [9.17, 15) is 0 Å². The Morgan fingerprint density at radius 3 is 2.40 bits per heavy atom. The minimum Gasteiger partial charge on any atom is -0.381 e. The topological polar surface area (TPSA) is 43.3 Å². The fraction of sp³-hybridized carbons (Fsp3) is 0.609. The zero-order valence-electron chi connectivity index (χ0n) is 18.7. The summed E-state index contributed by atoms with van der Waals surface area (Å²) < 4.78 is 5.59. The van der Waals surface area contributed by atoms with Crippen LogP contribution in [0, 0.1) is 0 Å². The van der Waals surface area contributed by atoms with Crippen molar-refractivity contribution in [1.29, 1.82) is 0 Å². The largest absolute Gasteiger partial charge is 0.381 e. The second-order valence-electron chi connectivity index (χ2n) is 8.23. The van der Waals surface area contributed by atoms with Crippen LogP contribution in [0.1, 0.15) is 18.4 Å². The number of hydrogen-bond acceptors (Lipinski definition) is 4. The zero-order chi connectivity index (χ0) is 20.5. The fourth-order valence-corrected chi connectivity index (χ4v) is 4.15. The number of nitrogens with zero attached hydrogens (tertiary/aromatic N) is 4. The van der Waals surface area contributed by atoms with Crippen molar-refractivity contribution in [2.24, 2.45) is 4.99 Å². The van der Waals surface area contributed by atoms with Crippen LogP contribution in [0.2, 0.25) is 0 Å². The normalized spacial score (nSPS) is 20.4. The minimum absolute atomic E-state index is 0. The first-order chi connectivity index (χ1) is 14.1. The van der Waals surface area contributed by atoms with Crippen molar-refractivity contribution >= 4 is 36.0 Å². The van der Waals surface area contributed by atoms with Gasteiger partial charge in [0.1, 0.15) is 0 Å². The molecule has 2 saturated heterocycles. The first-order valence-corrected chi connectivity index (χ1v) is 10.8. The first kappa shape index (κ1) is 25.1. The molecule has 0 atom stereocenters.